The van der Waals surface area contributed by atoms with E-state index >= 15 is 0 Å². The summed E-state index contributed by atoms with van der Waals surface area (Å²) in [5.41, 5.74) is 2.79. The quantitative estimate of drug-likeness (QED) is 0.777. The zero-order valence-corrected chi connectivity index (χ0v) is 15.2. The number of ether oxygens (including phenoxy) is 1. The molecular weight excluding hydrogens is 328 g/mol. The van der Waals surface area contributed by atoms with Crippen molar-refractivity contribution in [2.24, 2.45) is 5.92 Å². The third kappa shape index (κ3) is 4.42. The van der Waals surface area contributed by atoms with Crippen LogP contribution in [-0.4, -0.2) is 18.4 Å². The van der Waals surface area contributed by atoms with E-state index in [0.29, 0.717) is 23.6 Å². The monoisotopic (exact) mass is 352 g/mol. The highest BCUT2D eigenvalue weighted by Crippen LogP contribution is 2.31. The van der Waals surface area contributed by atoms with Gasteiger partial charge >= 0.3 is 0 Å². The van der Waals surface area contributed by atoms with Crippen LogP contribution in [-0.2, 0) is 4.79 Å². The van der Waals surface area contributed by atoms with Crippen molar-refractivity contribution < 1.29 is 14.3 Å². The second-order valence-electron chi connectivity index (χ2n) is 6.57. The second-order valence-corrected chi connectivity index (χ2v) is 6.57. The summed E-state index contributed by atoms with van der Waals surface area (Å²) < 4.78 is 5.58. The van der Waals surface area contributed by atoms with Crippen molar-refractivity contribution in [3.05, 3.63) is 53.6 Å². The Bertz CT molecular complexity index is 813. The largest absolute Gasteiger partial charge is 0.494 e. The van der Waals surface area contributed by atoms with E-state index in [4.69, 9.17) is 4.74 Å². The van der Waals surface area contributed by atoms with Crippen molar-refractivity contribution in [1.82, 2.24) is 0 Å². The maximum atomic E-state index is 12.6. The minimum Gasteiger partial charge on any atom is -0.494 e. The summed E-state index contributed by atoms with van der Waals surface area (Å²) in [6, 6.07) is 12.6. The Morgan fingerprint density at radius 3 is 2.46 bits per heavy atom. The van der Waals surface area contributed by atoms with Gasteiger partial charge in [-0.05, 0) is 62.1 Å². The molecule has 136 valence electrons. The van der Waals surface area contributed by atoms with Gasteiger partial charge in [0.1, 0.15) is 5.75 Å². The van der Waals surface area contributed by atoms with Gasteiger partial charge in [0.15, 0.2) is 0 Å². The van der Waals surface area contributed by atoms with Crippen LogP contribution >= 0.6 is 0 Å². The fourth-order valence-corrected chi connectivity index (χ4v) is 2.63. The molecule has 1 aliphatic carbocycles. The molecule has 0 spiro atoms. The summed E-state index contributed by atoms with van der Waals surface area (Å²) in [4.78, 5) is 24.6. The minimum absolute atomic E-state index is 0.0531. The molecule has 2 N–H and O–H groups in total. The predicted molar refractivity (Wildman–Crippen MR) is 103 cm³/mol. The smallest absolute Gasteiger partial charge is 0.255 e. The third-order valence-corrected chi connectivity index (χ3v) is 4.36. The Morgan fingerprint density at radius 2 is 1.77 bits per heavy atom. The number of anilines is 2. The average molecular weight is 352 g/mol. The van der Waals surface area contributed by atoms with E-state index in [1.165, 1.54) is 0 Å². The van der Waals surface area contributed by atoms with Gasteiger partial charge in [0.25, 0.3) is 5.91 Å². The van der Waals surface area contributed by atoms with Crippen LogP contribution in [0.25, 0.3) is 0 Å². The maximum absolute atomic E-state index is 12.6. The van der Waals surface area contributed by atoms with Crippen LogP contribution < -0.4 is 15.4 Å². The van der Waals surface area contributed by atoms with Gasteiger partial charge in [-0.3, -0.25) is 9.59 Å². The molecule has 1 saturated carbocycles. The number of benzene rings is 2. The van der Waals surface area contributed by atoms with Gasteiger partial charge in [-0.15, -0.1) is 0 Å². The van der Waals surface area contributed by atoms with Crippen molar-refractivity contribution in [2.45, 2.75) is 33.1 Å². The highest BCUT2D eigenvalue weighted by molar-refractivity contribution is 6.05. The molecule has 0 aliphatic heterocycles. The van der Waals surface area contributed by atoms with Crippen LogP contribution in [0.4, 0.5) is 11.4 Å². The lowest BCUT2D eigenvalue weighted by atomic mass is 10.1. The predicted octanol–water partition coefficient (Wildman–Crippen LogP) is 4.38. The number of hydrogen-bond donors (Lipinski definition) is 2. The summed E-state index contributed by atoms with van der Waals surface area (Å²) >= 11 is 0. The van der Waals surface area contributed by atoms with E-state index in [2.05, 4.69) is 10.6 Å². The van der Waals surface area contributed by atoms with Gasteiger partial charge in [0.05, 0.1) is 6.61 Å². The van der Waals surface area contributed by atoms with Crippen LogP contribution in [0.5, 0.6) is 5.75 Å². The first-order chi connectivity index (χ1) is 12.6. The van der Waals surface area contributed by atoms with Crippen LogP contribution in [0, 0.1) is 12.8 Å². The van der Waals surface area contributed by atoms with Crippen LogP contribution in [0.1, 0.15) is 42.1 Å². The second kappa shape index (κ2) is 8.04. The molecule has 0 bridgehead atoms. The topological polar surface area (TPSA) is 67.4 Å². The van der Waals surface area contributed by atoms with Gasteiger partial charge in [-0.2, -0.15) is 0 Å². The summed E-state index contributed by atoms with van der Waals surface area (Å²) in [6.07, 6.45) is 2.82. The molecule has 0 aromatic heterocycles. The van der Waals surface area contributed by atoms with E-state index in [1.807, 2.05) is 38.1 Å². The van der Waals surface area contributed by atoms with E-state index in [0.717, 1.165) is 30.5 Å². The first-order valence-corrected chi connectivity index (χ1v) is 9.03. The van der Waals surface area contributed by atoms with E-state index in [-0.39, 0.29) is 17.7 Å². The molecule has 26 heavy (non-hydrogen) atoms. The van der Waals surface area contributed by atoms with Crippen molar-refractivity contribution in [2.75, 3.05) is 17.2 Å². The summed E-state index contributed by atoms with van der Waals surface area (Å²) in [7, 11) is 0. The molecule has 0 heterocycles. The molecule has 1 fully saturated rings. The van der Waals surface area contributed by atoms with E-state index in [1.54, 1.807) is 18.2 Å². The molecule has 0 unspecified atom stereocenters. The molecule has 5 nitrogen and oxygen atoms in total. The number of carbonyl (C=O) groups is 2. The van der Waals surface area contributed by atoms with Gasteiger partial charge in [0, 0.05) is 22.9 Å². The minimum atomic E-state index is -0.208. The van der Waals surface area contributed by atoms with Gasteiger partial charge in [0.2, 0.25) is 5.91 Å². The van der Waals surface area contributed by atoms with Crippen molar-refractivity contribution in [1.29, 1.82) is 0 Å². The normalized spacial score (nSPS) is 13.2. The molecule has 0 atom stereocenters. The molecular formula is C21H24N2O3. The molecule has 0 saturated heterocycles. The zero-order valence-electron chi connectivity index (χ0n) is 15.2. The molecule has 2 aromatic carbocycles. The highest BCUT2D eigenvalue weighted by atomic mass is 16.5. The fourth-order valence-electron chi connectivity index (χ4n) is 2.63. The molecule has 1 aliphatic rings. The Kier molecular flexibility index (Phi) is 5.56. The number of amides is 2. The first kappa shape index (κ1) is 18.0. The van der Waals surface area contributed by atoms with Gasteiger partial charge < -0.3 is 15.4 Å². The van der Waals surface area contributed by atoms with Gasteiger partial charge in [-0.1, -0.05) is 19.1 Å². The zero-order chi connectivity index (χ0) is 18.5. The maximum Gasteiger partial charge on any atom is 0.255 e. The van der Waals surface area contributed by atoms with Crippen LogP contribution in [0.3, 0.4) is 0 Å². The summed E-state index contributed by atoms with van der Waals surface area (Å²) in [5, 5.41) is 5.87. The Hall–Kier alpha value is -2.82. The molecule has 2 aromatic rings. The fraction of sp³-hybridized carbons (Fsp3) is 0.333. The SMILES string of the molecule is CCCOc1cccc(C(=O)Nc2cccc(NC(=O)C3CC3)c2C)c1. The van der Waals surface area contributed by atoms with Crippen LogP contribution in [0.2, 0.25) is 0 Å². The van der Waals surface area contributed by atoms with Crippen LogP contribution in [0.15, 0.2) is 42.5 Å². The lowest BCUT2D eigenvalue weighted by Gasteiger charge is -2.14. The van der Waals surface area contributed by atoms with Crippen molar-refractivity contribution >= 4 is 23.2 Å². The molecule has 5 heteroatoms. The van der Waals surface area contributed by atoms with Crippen molar-refractivity contribution in [3.8, 4) is 5.75 Å². The van der Waals surface area contributed by atoms with E-state index in [9.17, 15) is 9.59 Å². The van der Waals surface area contributed by atoms with Gasteiger partial charge in [-0.25, -0.2) is 0 Å². The lowest BCUT2D eigenvalue weighted by molar-refractivity contribution is -0.117. The number of nitrogens with one attached hydrogen (secondary N) is 2. The Labute approximate surface area is 153 Å². The number of carbonyl (C=O) groups excluding carboxylic acids is 2. The Morgan fingerprint density at radius 1 is 1.08 bits per heavy atom. The standard InChI is InChI=1S/C21H24N2O3/c1-3-12-26-17-7-4-6-16(13-17)21(25)23-19-9-5-8-18(14(19)2)22-20(24)15-10-11-15/h4-9,13,15H,3,10-12H2,1-2H3,(H,22,24)(H,23,25). The summed E-state index contributed by atoms with van der Waals surface area (Å²) in [5.74, 6) is 0.665. The Balaban J connectivity index is 1.71. The molecule has 2 amide bonds. The number of rotatable bonds is 7. The first-order valence-electron chi connectivity index (χ1n) is 9.03. The molecule has 3 rings (SSSR count). The highest BCUT2D eigenvalue weighted by Gasteiger charge is 2.29. The summed E-state index contributed by atoms with van der Waals surface area (Å²) in [6.45, 7) is 4.54. The molecule has 0 radical (unpaired) electrons. The number of hydrogen-bond acceptors (Lipinski definition) is 3. The van der Waals surface area contributed by atoms with Crippen molar-refractivity contribution in [3.63, 3.8) is 0 Å². The third-order valence-electron chi connectivity index (χ3n) is 4.36. The van der Waals surface area contributed by atoms with E-state index < -0.39 is 0 Å². The lowest BCUT2D eigenvalue weighted by Crippen LogP contribution is -2.16. The average Bonchev–Trinajstić information content (AvgIpc) is 3.48.